The predicted octanol–water partition coefficient (Wildman–Crippen LogP) is 6.48. The van der Waals surface area contributed by atoms with Crippen molar-refractivity contribution in [2.45, 2.75) is 131 Å². The molecule has 0 spiro atoms. The van der Waals surface area contributed by atoms with Gasteiger partial charge in [0.2, 0.25) is 0 Å². The van der Waals surface area contributed by atoms with Crippen LogP contribution in [-0.2, 0) is 46.9 Å². The van der Waals surface area contributed by atoms with Gasteiger partial charge in [0.25, 0.3) is 0 Å². The normalized spacial score (nSPS) is 23.8. The molecule has 4 fully saturated rings. The Hall–Kier alpha value is -1.66. The van der Waals surface area contributed by atoms with Crippen molar-refractivity contribution in [3.63, 3.8) is 0 Å². The second-order valence-electron chi connectivity index (χ2n) is 18.5. The maximum absolute atomic E-state index is 3.69. The second kappa shape index (κ2) is 16.0. The first-order chi connectivity index (χ1) is 22.9. The maximum Gasteiger partial charge on any atom is -0.0129 e. The maximum atomic E-state index is 3.69. The molecule has 9 rings (SSSR count). The van der Waals surface area contributed by atoms with E-state index in [1.807, 2.05) is 6.07 Å². The fraction of sp³-hybridized carbons (Fsp3) is 0.500. The van der Waals surface area contributed by atoms with E-state index < -0.39 is 0 Å². The standard InChI is InChI=1S/C23H29.C17H23.C8H8.2ClH.Zr/c1-14-9-16-11-17-10-15(2)21(23(6,7)8)13-19(17)18(16)12-20(14)22(3,4)5;1-11-3-4-14(5-11)17(2)15-7-12-6-13(9-15)10-16(17)8-12;1-2-8-6-4-3-5-7-8;;;/h9,12-13H,11H2,1-8H3;3-5,12-13,15-16H,6-10H2,1-2H3;3-7H,1H3;2*1H;/q2*-1;;;;+2/p-2. The van der Waals surface area contributed by atoms with Crippen molar-refractivity contribution in [1.29, 1.82) is 0 Å². The molecular weight excluding hydrogens is 739 g/mol. The molecule has 0 amide bonds. The van der Waals surface area contributed by atoms with E-state index in [0.29, 0.717) is 5.41 Å². The fourth-order valence-corrected chi connectivity index (χ4v) is 10.7. The molecule has 0 saturated heterocycles. The number of aryl methyl sites for hydroxylation is 3. The molecule has 0 unspecified atom stereocenters. The quantitative estimate of drug-likeness (QED) is 0.180. The molecule has 272 valence electrons. The van der Waals surface area contributed by atoms with E-state index in [9.17, 15) is 0 Å². The molecule has 4 aromatic carbocycles. The van der Waals surface area contributed by atoms with E-state index in [1.165, 1.54) is 109 Å². The molecule has 0 N–H and O–H groups in total. The summed E-state index contributed by atoms with van der Waals surface area (Å²) in [7, 11) is 0. The van der Waals surface area contributed by atoms with Gasteiger partial charge >= 0.3 is 70.3 Å². The molecule has 4 saturated carbocycles. The molecule has 0 aliphatic heterocycles. The van der Waals surface area contributed by atoms with Gasteiger partial charge in [-0.25, -0.2) is 6.07 Å². The summed E-state index contributed by atoms with van der Waals surface area (Å²) in [4.78, 5) is 0. The molecule has 5 aliphatic carbocycles. The molecule has 3 heteroatoms. The van der Waals surface area contributed by atoms with Crippen LogP contribution in [0.4, 0.5) is 0 Å². The van der Waals surface area contributed by atoms with Crippen molar-refractivity contribution in [3.05, 3.63) is 123 Å². The topological polar surface area (TPSA) is 0 Å². The minimum Gasteiger partial charge on any atom is -1.00 e. The Kier molecular flexibility index (Phi) is 13.2. The van der Waals surface area contributed by atoms with Gasteiger partial charge in [-0.15, -0.1) is 16.7 Å². The minimum atomic E-state index is 0. The Labute approximate surface area is 338 Å². The van der Waals surface area contributed by atoms with Crippen molar-refractivity contribution >= 4 is 3.21 Å². The Morgan fingerprint density at radius 3 is 1.78 bits per heavy atom. The van der Waals surface area contributed by atoms with Crippen molar-refractivity contribution in [2.24, 2.45) is 23.7 Å². The summed E-state index contributed by atoms with van der Waals surface area (Å²) in [5, 5.41) is 0. The molecule has 5 aliphatic rings. The summed E-state index contributed by atoms with van der Waals surface area (Å²) >= 11 is 1.51. The average molecular weight is 799 g/mol. The van der Waals surface area contributed by atoms with Crippen LogP contribution in [0.25, 0.3) is 11.1 Å². The molecule has 4 bridgehead atoms. The number of hydrogen-bond acceptors (Lipinski definition) is 0. The van der Waals surface area contributed by atoms with Crippen LogP contribution < -0.4 is 24.8 Å². The van der Waals surface area contributed by atoms with Gasteiger partial charge in [0.15, 0.2) is 0 Å². The fourth-order valence-electron chi connectivity index (χ4n) is 10.2. The zero-order valence-corrected chi connectivity index (χ0v) is 37.1. The van der Waals surface area contributed by atoms with E-state index in [4.69, 9.17) is 0 Å². The van der Waals surface area contributed by atoms with Gasteiger partial charge in [-0.05, 0) is 91.2 Å². The molecular formula is C48H60Cl2Zr-2. The number of hydrogen-bond donors (Lipinski definition) is 0. The van der Waals surface area contributed by atoms with Gasteiger partial charge in [0.05, 0.1) is 0 Å². The molecule has 0 atom stereocenters. The summed E-state index contributed by atoms with van der Waals surface area (Å²) in [6.45, 7) is 25.2. The van der Waals surface area contributed by atoms with Crippen LogP contribution in [0.5, 0.6) is 0 Å². The van der Waals surface area contributed by atoms with Gasteiger partial charge < -0.3 is 24.8 Å². The summed E-state index contributed by atoms with van der Waals surface area (Å²) in [5.41, 5.74) is 16.6. The monoisotopic (exact) mass is 796 g/mol. The van der Waals surface area contributed by atoms with Crippen molar-refractivity contribution in [3.8, 4) is 11.1 Å². The molecule has 51 heavy (non-hydrogen) atoms. The zero-order chi connectivity index (χ0) is 35.5. The van der Waals surface area contributed by atoms with E-state index in [-0.39, 0.29) is 35.6 Å². The molecule has 0 heterocycles. The van der Waals surface area contributed by atoms with Gasteiger partial charge in [-0.3, -0.25) is 0 Å². The first kappa shape index (κ1) is 42.1. The Balaban J connectivity index is 0.000000183. The van der Waals surface area contributed by atoms with Crippen LogP contribution in [-0.4, -0.2) is 3.21 Å². The van der Waals surface area contributed by atoms with Crippen LogP contribution in [0.15, 0.2) is 66.7 Å². The van der Waals surface area contributed by atoms with Crippen molar-refractivity contribution in [2.75, 3.05) is 0 Å². The Bertz CT molecular complexity index is 1730. The number of halogens is 2. The van der Waals surface area contributed by atoms with Crippen LogP contribution in [0, 0.1) is 50.5 Å². The first-order valence-corrected chi connectivity index (χ1v) is 20.2. The molecule has 0 radical (unpaired) electrons. The third-order valence-corrected chi connectivity index (χ3v) is 13.4. The van der Waals surface area contributed by atoms with Gasteiger partial charge in [-0.1, -0.05) is 90.8 Å². The van der Waals surface area contributed by atoms with Crippen LogP contribution >= 0.6 is 0 Å². The van der Waals surface area contributed by atoms with E-state index in [1.54, 1.807) is 12.0 Å². The van der Waals surface area contributed by atoms with E-state index in [2.05, 4.69) is 143 Å². The van der Waals surface area contributed by atoms with E-state index >= 15 is 0 Å². The van der Waals surface area contributed by atoms with Gasteiger partial charge in [0, 0.05) is 0 Å². The average Bonchev–Trinajstić information content (AvgIpc) is 3.61. The molecule has 0 aromatic heterocycles. The van der Waals surface area contributed by atoms with Crippen LogP contribution in [0.2, 0.25) is 0 Å². The van der Waals surface area contributed by atoms with Crippen molar-refractivity contribution < 1.29 is 49.0 Å². The number of benzene rings is 3. The first-order valence-electron chi connectivity index (χ1n) is 19.0. The van der Waals surface area contributed by atoms with Crippen molar-refractivity contribution in [1.82, 2.24) is 0 Å². The smallest absolute Gasteiger partial charge is 0.0129 e. The third kappa shape index (κ3) is 8.68. The molecule has 4 aromatic rings. The van der Waals surface area contributed by atoms with Gasteiger partial charge in [-0.2, -0.15) is 41.0 Å². The summed E-state index contributed by atoms with van der Waals surface area (Å²) in [6, 6.07) is 28.6. The molecule has 0 nitrogen and oxygen atoms in total. The number of rotatable bonds is 2. The summed E-state index contributed by atoms with van der Waals surface area (Å²) in [6.07, 6.45) is 8.67. The minimum absolute atomic E-state index is 0. The summed E-state index contributed by atoms with van der Waals surface area (Å²) < 4.78 is 1.46. The SMILES string of the molecule is C[C](=[Zr+2])c1ccccc1.Cc1[c-]c2c(cc1C(C)(C)C)-c1cc(C(C)(C)C)c(C)cc1C2.Cc1cc(C2(C)C3CC4CC(C3)CC2C4)c[cH-]1.[Cl-].[Cl-]. The zero-order valence-electron chi connectivity index (χ0n) is 33.2. The van der Waals surface area contributed by atoms with Crippen LogP contribution in [0.3, 0.4) is 0 Å². The van der Waals surface area contributed by atoms with E-state index in [0.717, 1.165) is 30.1 Å². The number of fused-ring (bicyclic) bond motifs is 3. The summed E-state index contributed by atoms with van der Waals surface area (Å²) in [5.74, 6) is 4.14. The Morgan fingerprint density at radius 1 is 0.765 bits per heavy atom. The third-order valence-electron chi connectivity index (χ3n) is 12.7. The largest absolute Gasteiger partial charge is 1.00 e. The second-order valence-corrected chi connectivity index (χ2v) is 20.3. The predicted molar refractivity (Wildman–Crippen MR) is 208 cm³/mol. The van der Waals surface area contributed by atoms with Crippen LogP contribution in [0.1, 0.15) is 138 Å². The van der Waals surface area contributed by atoms with Gasteiger partial charge in [0.1, 0.15) is 0 Å². The Morgan fingerprint density at radius 2 is 1.31 bits per heavy atom.